The predicted octanol–water partition coefficient (Wildman–Crippen LogP) is 1.40. The monoisotopic (exact) mass is 179 g/mol. The highest BCUT2D eigenvalue weighted by molar-refractivity contribution is 5.19. The summed E-state index contributed by atoms with van der Waals surface area (Å²) in [7, 11) is 0. The van der Waals surface area contributed by atoms with E-state index in [1.807, 2.05) is 13.0 Å². The zero-order valence-corrected chi connectivity index (χ0v) is 7.67. The average molecular weight is 179 g/mol. The number of nitrogens with one attached hydrogen (secondary N) is 1. The number of aromatic nitrogens is 1. The first kappa shape index (κ1) is 8.51. The molecule has 1 saturated heterocycles. The molecule has 0 spiro atoms. The van der Waals surface area contributed by atoms with Crippen molar-refractivity contribution < 1.29 is 4.74 Å². The zero-order chi connectivity index (χ0) is 9.31. The van der Waals surface area contributed by atoms with E-state index in [9.17, 15) is 4.79 Å². The van der Waals surface area contributed by atoms with Crippen LogP contribution in [0.1, 0.15) is 25.3 Å². The third-order valence-electron chi connectivity index (χ3n) is 2.60. The minimum absolute atomic E-state index is 0.0609. The molecule has 0 radical (unpaired) electrons. The normalized spacial score (nSPS) is 27.8. The highest BCUT2D eigenvalue weighted by atomic mass is 16.5. The number of ether oxygens (including phenoxy) is 1. The molecule has 1 unspecified atom stereocenters. The molecule has 0 aliphatic carbocycles. The lowest BCUT2D eigenvalue weighted by molar-refractivity contribution is 0.0167. The summed E-state index contributed by atoms with van der Waals surface area (Å²) in [4.78, 5) is 13.7. The standard InChI is InChI=1S/C10H13NO2/c1-10(4-2-6-13-10)8-3-5-11-9(12)7-8/h3,5,7H,2,4,6H2,1H3,(H,11,12). The van der Waals surface area contributed by atoms with E-state index in [1.54, 1.807) is 12.3 Å². The summed E-state index contributed by atoms with van der Waals surface area (Å²) in [5, 5.41) is 0. The second-order valence-electron chi connectivity index (χ2n) is 3.62. The first-order chi connectivity index (χ1) is 6.21. The summed E-state index contributed by atoms with van der Waals surface area (Å²) in [6.45, 7) is 2.83. The molecule has 2 rings (SSSR count). The summed E-state index contributed by atoms with van der Waals surface area (Å²) in [6.07, 6.45) is 3.74. The van der Waals surface area contributed by atoms with Gasteiger partial charge in [0.15, 0.2) is 0 Å². The summed E-state index contributed by atoms with van der Waals surface area (Å²) in [5.41, 5.74) is 0.678. The fourth-order valence-corrected chi connectivity index (χ4v) is 1.78. The lowest BCUT2D eigenvalue weighted by atomic mass is 9.94. The lowest BCUT2D eigenvalue weighted by Gasteiger charge is -2.22. The molecule has 2 heterocycles. The molecule has 0 bridgehead atoms. The Balaban J connectivity index is 2.39. The molecule has 1 aromatic rings. The van der Waals surface area contributed by atoms with Crippen LogP contribution in [0.2, 0.25) is 0 Å². The second-order valence-corrected chi connectivity index (χ2v) is 3.62. The van der Waals surface area contributed by atoms with E-state index in [0.717, 1.165) is 25.0 Å². The summed E-state index contributed by atoms with van der Waals surface area (Å²) in [6, 6.07) is 3.53. The highest BCUT2D eigenvalue weighted by Gasteiger charge is 2.31. The van der Waals surface area contributed by atoms with Crippen LogP contribution in [0.25, 0.3) is 0 Å². The van der Waals surface area contributed by atoms with Crippen molar-refractivity contribution in [2.75, 3.05) is 6.61 Å². The Morgan fingerprint density at radius 3 is 3.08 bits per heavy atom. The maximum Gasteiger partial charge on any atom is 0.248 e. The maximum atomic E-state index is 11.1. The van der Waals surface area contributed by atoms with Crippen molar-refractivity contribution in [3.8, 4) is 0 Å². The summed E-state index contributed by atoms with van der Waals surface area (Å²) in [5.74, 6) is 0. The Kier molecular flexibility index (Phi) is 1.96. The number of hydrogen-bond acceptors (Lipinski definition) is 2. The molecule has 0 aromatic carbocycles. The van der Waals surface area contributed by atoms with E-state index in [1.165, 1.54) is 0 Å². The van der Waals surface area contributed by atoms with Crippen LogP contribution in [0, 0.1) is 0 Å². The van der Waals surface area contributed by atoms with Gasteiger partial charge in [0.1, 0.15) is 0 Å². The summed E-state index contributed by atoms with van der Waals surface area (Å²) >= 11 is 0. The van der Waals surface area contributed by atoms with Crippen molar-refractivity contribution in [2.45, 2.75) is 25.4 Å². The van der Waals surface area contributed by atoms with Crippen molar-refractivity contribution >= 4 is 0 Å². The van der Waals surface area contributed by atoms with E-state index in [4.69, 9.17) is 4.74 Å². The fourth-order valence-electron chi connectivity index (χ4n) is 1.78. The smallest absolute Gasteiger partial charge is 0.248 e. The number of pyridine rings is 1. The molecule has 1 aliphatic heterocycles. The largest absolute Gasteiger partial charge is 0.371 e. The molecule has 1 aliphatic rings. The van der Waals surface area contributed by atoms with Gasteiger partial charge in [-0.3, -0.25) is 4.79 Å². The number of hydrogen-bond donors (Lipinski definition) is 1. The van der Waals surface area contributed by atoms with Crippen LogP contribution in [-0.2, 0) is 10.3 Å². The topological polar surface area (TPSA) is 42.1 Å². The van der Waals surface area contributed by atoms with Gasteiger partial charge in [-0.25, -0.2) is 0 Å². The van der Waals surface area contributed by atoms with Crippen molar-refractivity contribution in [3.63, 3.8) is 0 Å². The van der Waals surface area contributed by atoms with Crippen LogP contribution in [-0.4, -0.2) is 11.6 Å². The van der Waals surface area contributed by atoms with Gasteiger partial charge in [0.25, 0.3) is 0 Å². The van der Waals surface area contributed by atoms with Crippen LogP contribution < -0.4 is 5.56 Å². The van der Waals surface area contributed by atoms with E-state index in [-0.39, 0.29) is 11.2 Å². The Morgan fingerprint density at radius 2 is 2.46 bits per heavy atom. The van der Waals surface area contributed by atoms with Gasteiger partial charge in [0.05, 0.1) is 5.60 Å². The molecule has 1 atom stereocenters. The van der Waals surface area contributed by atoms with Gasteiger partial charge in [-0.15, -0.1) is 0 Å². The fraction of sp³-hybridized carbons (Fsp3) is 0.500. The quantitative estimate of drug-likeness (QED) is 0.708. The molecular formula is C10H13NO2. The molecule has 3 heteroatoms. The van der Waals surface area contributed by atoms with E-state index >= 15 is 0 Å². The number of H-pyrrole nitrogens is 1. The van der Waals surface area contributed by atoms with Crippen molar-refractivity contribution in [1.29, 1.82) is 0 Å². The molecule has 1 aromatic heterocycles. The van der Waals surface area contributed by atoms with Gasteiger partial charge >= 0.3 is 0 Å². The van der Waals surface area contributed by atoms with Gasteiger partial charge in [0, 0.05) is 18.9 Å². The SMILES string of the molecule is CC1(c2cc[nH]c(=O)c2)CCCO1. The first-order valence-electron chi connectivity index (χ1n) is 4.54. The van der Waals surface area contributed by atoms with Crippen molar-refractivity contribution in [2.24, 2.45) is 0 Å². The lowest BCUT2D eigenvalue weighted by Crippen LogP contribution is -2.22. The molecule has 0 amide bonds. The average Bonchev–Trinajstić information content (AvgIpc) is 2.54. The van der Waals surface area contributed by atoms with Crippen LogP contribution in [0.3, 0.4) is 0 Å². The Bertz CT molecular complexity index is 350. The van der Waals surface area contributed by atoms with Gasteiger partial charge in [-0.1, -0.05) is 0 Å². The minimum Gasteiger partial charge on any atom is -0.371 e. The Morgan fingerprint density at radius 1 is 1.62 bits per heavy atom. The molecule has 1 fully saturated rings. The highest BCUT2D eigenvalue weighted by Crippen LogP contribution is 2.34. The van der Waals surface area contributed by atoms with Crippen molar-refractivity contribution in [3.05, 3.63) is 34.2 Å². The Hall–Kier alpha value is -1.09. The molecule has 0 saturated carbocycles. The third kappa shape index (κ3) is 1.52. The summed E-state index contributed by atoms with van der Waals surface area (Å²) < 4.78 is 5.63. The Labute approximate surface area is 76.7 Å². The molecule has 70 valence electrons. The van der Waals surface area contributed by atoms with Gasteiger partial charge in [0.2, 0.25) is 5.56 Å². The van der Waals surface area contributed by atoms with Crippen LogP contribution in [0.4, 0.5) is 0 Å². The van der Waals surface area contributed by atoms with Crippen LogP contribution in [0.15, 0.2) is 23.1 Å². The molecule has 13 heavy (non-hydrogen) atoms. The van der Waals surface area contributed by atoms with E-state index in [0.29, 0.717) is 0 Å². The van der Waals surface area contributed by atoms with E-state index < -0.39 is 0 Å². The van der Waals surface area contributed by atoms with E-state index in [2.05, 4.69) is 4.98 Å². The predicted molar refractivity (Wildman–Crippen MR) is 49.6 cm³/mol. The van der Waals surface area contributed by atoms with Gasteiger partial charge in [-0.2, -0.15) is 0 Å². The number of aromatic amines is 1. The molecular weight excluding hydrogens is 166 g/mol. The second kappa shape index (κ2) is 3.00. The first-order valence-corrected chi connectivity index (χ1v) is 4.54. The van der Waals surface area contributed by atoms with Gasteiger partial charge in [-0.05, 0) is 31.4 Å². The van der Waals surface area contributed by atoms with Crippen molar-refractivity contribution in [1.82, 2.24) is 4.98 Å². The maximum absolute atomic E-state index is 11.1. The zero-order valence-electron chi connectivity index (χ0n) is 7.67. The van der Waals surface area contributed by atoms with Crippen LogP contribution in [0.5, 0.6) is 0 Å². The molecule has 3 nitrogen and oxygen atoms in total. The minimum atomic E-state index is -0.242. The molecule has 1 N–H and O–H groups in total. The van der Waals surface area contributed by atoms with Gasteiger partial charge < -0.3 is 9.72 Å². The third-order valence-corrected chi connectivity index (χ3v) is 2.60. The number of rotatable bonds is 1. The van der Waals surface area contributed by atoms with Crippen LogP contribution >= 0.6 is 0 Å².